The second-order valence-electron chi connectivity index (χ2n) is 9.04. The lowest BCUT2D eigenvalue weighted by molar-refractivity contribution is -0.127. The average Bonchev–Trinajstić information content (AvgIpc) is 2.72. The second kappa shape index (κ2) is 12.3. The number of Topliss-reactive ketones (excluding diaryl/α,β-unsaturated/α-hetero) is 1. The Labute approximate surface area is 178 Å². The molecule has 0 unspecified atom stereocenters. The minimum absolute atomic E-state index is 0. The summed E-state index contributed by atoms with van der Waals surface area (Å²) in [5.74, 6) is 0.880. The van der Waals surface area contributed by atoms with Crippen LogP contribution in [0.4, 0.5) is 0 Å². The first-order chi connectivity index (χ1) is 13.9. The Kier molecular flexibility index (Phi) is 10.1. The maximum absolute atomic E-state index is 12.2. The minimum atomic E-state index is 0. The van der Waals surface area contributed by atoms with Gasteiger partial charge in [0.2, 0.25) is 11.8 Å². The Morgan fingerprint density at radius 3 is 2.00 bits per heavy atom. The molecule has 6 nitrogen and oxygen atoms in total. The quantitative estimate of drug-likeness (QED) is 0.531. The van der Waals surface area contributed by atoms with Gasteiger partial charge in [0.25, 0.3) is 0 Å². The van der Waals surface area contributed by atoms with E-state index in [4.69, 9.17) is 4.74 Å². The van der Waals surface area contributed by atoms with Gasteiger partial charge in [-0.05, 0) is 57.8 Å². The Bertz CT molecular complexity index is 544. The SMILES string of the molecule is CCC(=O)NC1CCC(OCCCC(=O)NC2CCC(C(=O)C(C)C)CC2)CC1.[HH].[HH]. The molecule has 0 aliphatic heterocycles. The average molecular weight is 413 g/mol. The van der Waals surface area contributed by atoms with Crippen LogP contribution < -0.4 is 10.6 Å². The fourth-order valence-corrected chi connectivity index (χ4v) is 4.48. The molecule has 0 aromatic heterocycles. The summed E-state index contributed by atoms with van der Waals surface area (Å²) in [7, 11) is 0. The number of nitrogens with one attached hydrogen (secondary N) is 2. The Morgan fingerprint density at radius 1 is 0.897 bits per heavy atom. The summed E-state index contributed by atoms with van der Waals surface area (Å²) in [6.45, 7) is 6.42. The van der Waals surface area contributed by atoms with Gasteiger partial charge in [-0.2, -0.15) is 0 Å². The third kappa shape index (κ3) is 8.45. The van der Waals surface area contributed by atoms with Crippen LogP contribution >= 0.6 is 0 Å². The molecule has 2 aliphatic carbocycles. The predicted molar refractivity (Wildman–Crippen MR) is 118 cm³/mol. The summed E-state index contributed by atoms with van der Waals surface area (Å²) in [6.07, 6.45) is 9.51. The number of ketones is 1. The topological polar surface area (TPSA) is 84.5 Å². The molecule has 2 fully saturated rings. The molecule has 6 heteroatoms. The highest BCUT2D eigenvalue weighted by atomic mass is 16.5. The van der Waals surface area contributed by atoms with Crippen molar-refractivity contribution in [2.24, 2.45) is 11.8 Å². The van der Waals surface area contributed by atoms with Gasteiger partial charge in [0.15, 0.2) is 0 Å². The number of amides is 2. The number of hydrogen-bond donors (Lipinski definition) is 2. The number of rotatable bonds is 10. The lowest BCUT2D eigenvalue weighted by Gasteiger charge is -2.29. The first-order valence-corrected chi connectivity index (χ1v) is 11.6. The van der Waals surface area contributed by atoms with Gasteiger partial charge in [-0.1, -0.05) is 20.8 Å². The van der Waals surface area contributed by atoms with Crippen LogP contribution in [0.2, 0.25) is 0 Å². The summed E-state index contributed by atoms with van der Waals surface area (Å²) >= 11 is 0. The molecule has 0 aromatic carbocycles. The highest BCUT2D eigenvalue weighted by molar-refractivity contribution is 5.83. The van der Waals surface area contributed by atoms with E-state index < -0.39 is 0 Å². The molecule has 29 heavy (non-hydrogen) atoms. The summed E-state index contributed by atoms with van der Waals surface area (Å²) < 4.78 is 5.94. The van der Waals surface area contributed by atoms with Crippen LogP contribution in [0.1, 0.15) is 94.3 Å². The lowest BCUT2D eigenvalue weighted by Crippen LogP contribution is -2.39. The van der Waals surface area contributed by atoms with E-state index in [9.17, 15) is 14.4 Å². The van der Waals surface area contributed by atoms with Crippen molar-refractivity contribution in [1.82, 2.24) is 10.6 Å². The van der Waals surface area contributed by atoms with E-state index >= 15 is 0 Å². The van der Waals surface area contributed by atoms with E-state index in [1.807, 2.05) is 20.8 Å². The zero-order chi connectivity index (χ0) is 21.2. The molecule has 2 saturated carbocycles. The van der Waals surface area contributed by atoms with Gasteiger partial charge < -0.3 is 15.4 Å². The molecule has 0 heterocycles. The van der Waals surface area contributed by atoms with Crippen LogP contribution in [0.15, 0.2) is 0 Å². The Balaban J connectivity index is 0.00000450. The summed E-state index contributed by atoms with van der Waals surface area (Å²) in [4.78, 5) is 35.7. The maximum Gasteiger partial charge on any atom is 0.220 e. The fourth-order valence-electron chi connectivity index (χ4n) is 4.48. The molecular formula is C23H44N2O4. The molecule has 0 radical (unpaired) electrons. The summed E-state index contributed by atoms with van der Waals surface area (Å²) in [5, 5.41) is 6.19. The first kappa shape index (κ1) is 23.8. The second-order valence-corrected chi connectivity index (χ2v) is 9.04. The third-order valence-electron chi connectivity index (χ3n) is 6.33. The maximum atomic E-state index is 12.2. The molecule has 2 aliphatic rings. The number of hydrogen-bond acceptors (Lipinski definition) is 4. The normalized spacial score (nSPS) is 27.4. The fraction of sp³-hybridized carbons (Fsp3) is 0.870. The Hall–Kier alpha value is -1.43. The van der Waals surface area contributed by atoms with Crippen molar-refractivity contribution >= 4 is 17.6 Å². The van der Waals surface area contributed by atoms with Gasteiger partial charge >= 0.3 is 0 Å². The van der Waals surface area contributed by atoms with E-state index in [1.54, 1.807) is 0 Å². The summed E-state index contributed by atoms with van der Waals surface area (Å²) in [6, 6.07) is 0.507. The molecule has 0 bridgehead atoms. The van der Waals surface area contributed by atoms with Gasteiger partial charge in [-0.3, -0.25) is 14.4 Å². The number of ether oxygens (including phenoxy) is 1. The molecular weight excluding hydrogens is 368 g/mol. The van der Waals surface area contributed by atoms with Gasteiger partial charge in [-0.15, -0.1) is 0 Å². The zero-order valence-electron chi connectivity index (χ0n) is 18.5. The van der Waals surface area contributed by atoms with Crippen molar-refractivity contribution in [2.45, 2.75) is 110 Å². The molecule has 2 amide bonds. The number of carbonyl (C=O) groups is 3. The van der Waals surface area contributed by atoms with Gasteiger partial charge in [0.1, 0.15) is 5.78 Å². The predicted octanol–water partition coefficient (Wildman–Crippen LogP) is 4.01. The number of carbonyl (C=O) groups excluding carboxylic acids is 3. The molecule has 170 valence electrons. The van der Waals surface area contributed by atoms with E-state index in [0.717, 1.165) is 57.8 Å². The molecule has 0 saturated heterocycles. The first-order valence-electron chi connectivity index (χ1n) is 11.6. The van der Waals surface area contributed by atoms with E-state index in [1.165, 1.54) is 0 Å². The van der Waals surface area contributed by atoms with Crippen molar-refractivity contribution in [1.29, 1.82) is 0 Å². The van der Waals surface area contributed by atoms with Crippen molar-refractivity contribution in [3.8, 4) is 0 Å². The van der Waals surface area contributed by atoms with Gasteiger partial charge in [-0.25, -0.2) is 0 Å². The summed E-state index contributed by atoms with van der Waals surface area (Å²) in [5.41, 5.74) is 0. The molecule has 0 atom stereocenters. The lowest BCUT2D eigenvalue weighted by atomic mass is 9.80. The van der Waals surface area contributed by atoms with Crippen LogP contribution in [-0.4, -0.2) is 42.4 Å². The third-order valence-corrected chi connectivity index (χ3v) is 6.33. The molecule has 2 N–H and O–H groups in total. The molecule has 0 aromatic rings. The van der Waals surface area contributed by atoms with E-state index in [0.29, 0.717) is 31.3 Å². The van der Waals surface area contributed by atoms with E-state index in [2.05, 4.69) is 10.6 Å². The van der Waals surface area contributed by atoms with Crippen molar-refractivity contribution in [2.75, 3.05) is 6.61 Å². The Morgan fingerprint density at radius 2 is 1.45 bits per heavy atom. The zero-order valence-corrected chi connectivity index (χ0v) is 18.5. The standard InChI is InChI=1S/C23H40N2O4.2H2/c1-4-21(26)24-19-11-13-20(14-12-19)29-15-5-6-22(27)25-18-9-7-17(8-10-18)23(28)16(2)3;;/h16-20H,4-15H2,1-3H3,(H,24,26)(H,25,27);2*1H. The van der Waals surface area contributed by atoms with Crippen LogP contribution in [0.25, 0.3) is 0 Å². The van der Waals surface area contributed by atoms with Crippen molar-refractivity contribution in [3.05, 3.63) is 0 Å². The van der Waals surface area contributed by atoms with Crippen LogP contribution in [0.5, 0.6) is 0 Å². The van der Waals surface area contributed by atoms with Crippen molar-refractivity contribution in [3.63, 3.8) is 0 Å². The molecule has 0 spiro atoms. The van der Waals surface area contributed by atoms with E-state index in [-0.39, 0.29) is 38.6 Å². The van der Waals surface area contributed by atoms with Crippen LogP contribution in [0, 0.1) is 11.8 Å². The minimum Gasteiger partial charge on any atom is -0.378 e. The largest absolute Gasteiger partial charge is 0.378 e. The highest BCUT2D eigenvalue weighted by Crippen LogP contribution is 2.27. The van der Waals surface area contributed by atoms with Crippen molar-refractivity contribution < 1.29 is 22.0 Å². The highest BCUT2D eigenvalue weighted by Gasteiger charge is 2.28. The molecule has 2 rings (SSSR count). The van der Waals surface area contributed by atoms with Gasteiger partial charge in [0, 0.05) is 46.2 Å². The smallest absolute Gasteiger partial charge is 0.220 e. The monoisotopic (exact) mass is 412 g/mol. The van der Waals surface area contributed by atoms with Crippen LogP contribution in [-0.2, 0) is 19.1 Å². The van der Waals surface area contributed by atoms with Crippen LogP contribution in [0.3, 0.4) is 0 Å². The van der Waals surface area contributed by atoms with Gasteiger partial charge in [0.05, 0.1) is 6.10 Å².